The van der Waals surface area contributed by atoms with Crippen LogP contribution in [0.5, 0.6) is 0 Å². The summed E-state index contributed by atoms with van der Waals surface area (Å²) in [5, 5.41) is 0. The number of hydrogen-bond donors (Lipinski definition) is 0. The molecule has 16 heavy (non-hydrogen) atoms. The largest absolute Gasteiger partial charge is 0.459 e. The van der Waals surface area contributed by atoms with E-state index in [1.807, 2.05) is 0 Å². The van der Waals surface area contributed by atoms with Gasteiger partial charge in [-0.3, -0.25) is 0 Å². The Hall–Kier alpha value is -0.880. The van der Waals surface area contributed by atoms with E-state index in [0.717, 1.165) is 4.90 Å². The van der Waals surface area contributed by atoms with E-state index in [1.165, 1.54) is 0 Å². The molecule has 7 heteroatoms. The normalized spacial score (nSPS) is 20.1. The molecule has 1 saturated heterocycles. The minimum atomic E-state index is -5.77. The Morgan fingerprint density at radius 3 is 1.75 bits per heavy atom. The maximum absolute atomic E-state index is 13.0. The van der Waals surface area contributed by atoms with Crippen molar-refractivity contribution in [3.8, 4) is 0 Å². The van der Waals surface area contributed by atoms with E-state index in [1.54, 1.807) is 0 Å². The van der Waals surface area contributed by atoms with Gasteiger partial charge in [0.05, 0.1) is 0 Å². The van der Waals surface area contributed by atoms with Crippen LogP contribution in [-0.2, 0) is 0 Å². The van der Waals surface area contributed by atoms with Crippen LogP contribution in [0.1, 0.15) is 19.8 Å². The number of halogens is 6. The highest BCUT2D eigenvalue weighted by atomic mass is 19.4. The predicted octanol–water partition coefficient (Wildman–Crippen LogP) is 3.48. The molecule has 1 aliphatic heterocycles. The van der Waals surface area contributed by atoms with Gasteiger partial charge in [0.15, 0.2) is 0 Å². The van der Waals surface area contributed by atoms with E-state index >= 15 is 0 Å². The molecule has 0 saturated carbocycles. The second-order valence-corrected chi connectivity index (χ2v) is 3.65. The van der Waals surface area contributed by atoms with Gasteiger partial charge in [0.1, 0.15) is 11.5 Å². The standard InChI is InChI=1S/C9H11F6N/c1-6(10)7(16-4-2-3-5-16)8(11,12)9(13,14)15/h2-5H2,1H3. The number of hydrogen-bond acceptors (Lipinski definition) is 1. The molecule has 0 aromatic rings. The summed E-state index contributed by atoms with van der Waals surface area (Å²) >= 11 is 0. The monoisotopic (exact) mass is 247 g/mol. The first kappa shape index (κ1) is 13.2. The highest BCUT2D eigenvalue weighted by molar-refractivity contribution is 5.18. The van der Waals surface area contributed by atoms with Gasteiger partial charge in [0.2, 0.25) is 0 Å². The Morgan fingerprint density at radius 1 is 1.00 bits per heavy atom. The van der Waals surface area contributed by atoms with Crippen molar-refractivity contribution < 1.29 is 26.3 Å². The molecule has 1 heterocycles. The Kier molecular flexibility index (Phi) is 3.44. The van der Waals surface area contributed by atoms with Crippen molar-refractivity contribution in [3.05, 3.63) is 11.5 Å². The third kappa shape index (κ3) is 2.27. The van der Waals surface area contributed by atoms with E-state index in [2.05, 4.69) is 0 Å². The molecule has 0 aromatic carbocycles. The maximum Gasteiger partial charge on any atom is 0.459 e. The topological polar surface area (TPSA) is 3.24 Å². The van der Waals surface area contributed by atoms with Crippen molar-refractivity contribution in [1.29, 1.82) is 0 Å². The van der Waals surface area contributed by atoms with Gasteiger partial charge in [-0.05, 0) is 19.8 Å². The summed E-state index contributed by atoms with van der Waals surface area (Å²) in [6.07, 6.45) is -4.78. The number of allylic oxidation sites excluding steroid dienone is 2. The van der Waals surface area contributed by atoms with E-state index in [9.17, 15) is 26.3 Å². The van der Waals surface area contributed by atoms with Crippen LogP contribution in [0, 0.1) is 0 Å². The van der Waals surface area contributed by atoms with Crippen LogP contribution in [0.15, 0.2) is 11.5 Å². The highest BCUT2D eigenvalue weighted by Crippen LogP contribution is 2.44. The average Bonchev–Trinajstić information content (AvgIpc) is 2.53. The zero-order valence-corrected chi connectivity index (χ0v) is 8.54. The molecular formula is C9H11F6N. The lowest BCUT2D eigenvalue weighted by Crippen LogP contribution is -2.44. The average molecular weight is 247 g/mol. The molecule has 1 rings (SSSR count). The fourth-order valence-electron chi connectivity index (χ4n) is 1.71. The first-order valence-corrected chi connectivity index (χ1v) is 4.74. The van der Waals surface area contributed by atoms with Gasteiger partial charge in [-0.1, -0.05) is 0 Å². The first-order chi connectivity index (χ1) is 7.18. The molecular weight excluding hydrogens is 236 g/mol. The minimum absolute atomic E-state index is 0.0300. The number of alkyl halides is 5. The lowest BCUT2D eigenvalue weighted by molar-refractivity contribution is -0.271. The Morgan fingerprint density at radius 2 is 1.44 bits per heavy atom. The van der Waals surface area contributed by atoms with Crippen molar-refractivity contribution in [1.82, 2.24) is 4.90 Å². The lowest BCUT2D eigenvalue weighted by atomic mass is 10.2. The molecule has 0 unspecified atom stereocenters. The number of likely N-dealkylation sites (tertiary alicyclic amines) is 1. The smallest absolute Gasteiger partial charge is 0.368 e. The summed E-state index contributed by atoms with van der Waals surface area (Å²) in [6, 6.07) is 0. The summed E-state index contributed by atoms with van der Waals surface area (Å²) in [5.41, 5.74) is -1.54. The van der Waals surface area contributed by atoms with Crippen LogP contribution < -0.4 is 0 Å². The summed E-state index contributed by atoms with van der Waals surface area (Å²) in [4.78, 5) is 0.767. The van der Waals surface area contributed by atoms with Gasteiger partial charge in [-0.15, -0.1) is 0 Å². The minimum Gasteiger partial charge on any atom is -0.368 e. The second-order valence-electron chi connectivity index (χ2n) is 3.65. The zero-order valence-electron chi connectivity index (χ0n) is 8.54. The van der Waals surface area contributed by atoms with Crippen LogP contribution in [0.3, 0.4) is 0 Å². The molecule has 1 aliphatic rings. The van der Waals surface area contributed by atoms with Gasteiger partial charge in [0.25, 0.3) is 0 Å². The van der Waals surface area contributed by atoms with Gasteiger partial charge < -0.3 is 4.90 Å². The third-order valence-corrected chi connectivity index (χ3v) is 2.40. The van der Waals surface area contributed by atoms with E-state index in [-0.39, 0.29) is 13.1 Å². The zero-order chi connectivity index (χ0) is 12.6. The summed E-state index contributed by atoms with van der Waals surface area (Å²) in [5.74, 6) is -6.61. The molecule has 1 fully saturated rings. The number of nitrogens with zero attached hydrogens (tertiary/aromatic N) is 1. The SMILES string of the molecule is CC(F)=C(N1CCCC1)C(F)(F)C(F)(F)F. The van der Waals surface area contributed by atoms with Crippen LogP contribution in [-0.4, -0.2) is 30.1 Å². The molecule has 0 aromatic heterocycles. The molecule has 0 aliphatic carbocycles. The van der Waals surface area contributed by atoms with Crippen molar-refractivity contribution >= 4 is 0 Å². The third-order valence-electron chi connectivity index (χ3n) is 2.40. The van der Waals surface area contributed by atoms with Gasteiger partial charge in [-0.2, -0.15) is 22.0 Å². The molecule has 94 valence electrons. The summed E-state index contributed by atoms with van der Waals surface area (Å²) < 4.78 is 75.3. The van der Waals surface area contributed by atoms with Gasteiger partial charge >= 0.3 is 12.1 Å². The fourth-order valence-corrected chi connectivity index (χ4v) is 1.71. The molecule has 0 spiro atoms. The van der Waals surface area contributed by atoms with Crippen molar-refractivity contribution in [3.63, 3.8) is 0 Å². The highest BCUT2D eigenvalue weighted by Gasteiger charge is 2.62. The second kappa shape index (κ2) is 4.18. The maximum atomic E-state index is 13.0. The van der Waals surface area contributed by atoms with Crippen LogP contribution >= 0.6 is 0 Å². The Labute approximate surface area is 88.7 Å². The summed E-state index contributed by atoms with van der Waals surface area (Å²) in [6.45, 7) is 0.678. The van der Waals surface area contributed by atoms with E-state index in [4.69, 9.17) is 0 Å². The van der Waals surface area contributed by atoms with Crippen LogP contribution in [0.4, 0.5) is 26.3 Å². The molecule has 1 nitrogen and oxygen atoms in total. The van der Waals surface area contributed by atoms with Gasteiger partial charge in [0, 0.05) is 13.1 Å². The Bertz CT molecular complexity index is 283. The Balaban J connectivity index is 3.09. The molecule has 0 amide bonds. The van der Waals surface area contributed by atoms with Crippen molar-refractivity contribution in [2.75, 3.05) is 13.1 Å². The molecule has 0 bridgehead atoms. The van der Waals surface area contributed by atoms with Crippen LogP contribution in [0.25, 0.3) is 0 Å². The first-order valence-electron chi connectivity index (χ1n) is 4.74. The molecule has 0 N–H and O–H groups in total. The molecule has 0 radical (unpaired) electrons. The number of rotatable bonds is 2. The van der Waals surface area contributed by atoms with Crippen LogP contribution in [0.2, 0.25) is 0 Å². The van der Waals surface area contributed by atoms with Crippen molar-refractivity contribution in [2.45, 2.75) is 31.9 Å². The van der Waals surface area contributed by atoms with E-state index < -0.39 is 23.6 Å². The van der Waals surface area contributed by atoms with E-state index in [0.29, 0.717) is 19.8 Å². The molecule has 0 atom stereocenters. The van der Waals surface area contributed by atoms with Crippen molar-refractivity contribution in [2.24, 2.45) is 0 Å². The predicted molar refractivity (Wildman–Crippen MR) is 45.6 cm³/mol. The van der Waals surface area contributed by atoms with Gasteiger partial charge in [-0.25, -0.2) is 4.39 Å². The fraction of sp³-hybridized carbons (Fsp3) is 0.778. The lowest BCUT2D eigenvalue weighted by Gasteiger charge is -2.29. The summed E-state index contributed by atoms with van der Waals surface area (Å²) in [7, 11) is 0. The quantitative estimate of drug-likeness (QED) is 0.675.